The largest absolute Gasteiger partial charge is 0.370 e. The van der Waals surface area contributed by atoms with Gasteiger partial charge in [-0.05, 0) is 60.1 Å². The van der Waals surface area contributed by atoms with Crippen LogP contribution in [0.4, 0.5) is 11.4 Å². The van der Waals surface area contributed by atoms with Crippen molar-refractivity contribution in [3.8, 4) is 0 Å². The number of fused-ring (bicyclic) bond motifs is 4. The number of hydrogen-bond donors (Lipinski definition) is 1. The molecule has 0 spiro atoms. The average molecular weight is 368 g/mol. The Morgan fingerprint density at radius 3 is 2.11 bits per heavy atom. The first-order valence-corrected chi connectivity index (χ1v) is 10.4. The molecule has 2 aliphatic heterocycles. The van der Waals surface area contributed by atoms with E-state index in [1.165, 1.54) is 16.8 Å². The molecule has 0 saturated carbocycles. The number of nitrogens with one attached hydrogen (secondary N) is 1. The third-order valence-electron chi connectivity index (χ3n) is 6.99. The van der Waals surface area contributed by atoms with E-state index in [2.05, 4.69) is 46.7 Å². The molecule has 3 nitrogen and oxygen atoms in total. The van der Waals surface area contributed by atoms with Crippen LogP contribution in [0.2, 0.25) is 0 Å². The summed E-state index contributed by atoms with van der Waals surface area (Å²) < 4.78 is 0. The lowest BCUT2D eigenvalue weighted by atomic mass is 9.74. The predicted octanol–water partition coefficient (Wildman–Crippen LogP) is 5.09. The van der Waals surface area contributed by atoms with E-state index in [0.717, 1.165) is 37.2 Å². The topological polar surface area (TPSA) is 32.3 Å². The number of carbonyl (C=O) groups excluding carboxylic acids is 1. The first-order chi connectivity index (χ1) is 13.8. The number of nitrogens with zero attached hydrogens (tertiary/aromatic N) is 1. The van der Waals surface area contributed by atoms with Gasteiger partial charge >= 0.3 is 0 Å². The first-order valence-electron chi connectivity index (χ1n) is 10.4. The monoisotopic (exact) mass is 368 g/mol. The molecule has 2 aliphatic carbocycles. The van der Waals surface area contributed by atoms with E-state index in [1.807, 2.05) is 30.3 Å². The number of amides is 1. The van der Waals surface area contributed by atoms with Crippen LogP contribution in [0.15, 0.2) is 66.8 Å². The number of rotatable bonds is 2. The molecule has 0 fully saturated rings. The molecule has 2 aromatic carbocycles. The van der Waals surface area contributed by atoms with Crippen molar-refractivity contribution in [1.29, 1.82) is 0 Å². The second-order valence-electron chi connectivity index (χ2n) is 8.63. The number of carbonyl (C=O) groups is 1. The molecule has 1 amide bonds. The van der Waals surface area contributed by atoms with Crippen LogP contribution >= 0.6 is 0 Å². The van der Waals surface area contributed by atoms with Crippen molar-refractivity contribution in [1.82, 2.24) is 0 Å². The van der Waals surface area contributed by atoms with Gasteiger partial charge in [0.05, 0.1) is 0 Å². The molecule has 140 valence electrons. The highest BCUT2D eigenvalue weighted by molar-refractivity contribution is 6.05. The Labute approximate surface area is 165 Å². The number of benzene rings is 2. The van der Waals surface area contributed by atoms with Crippen molar-refractivity contribution in [3.05, 3.63) is 83.5 Å². The summed E-state index contributed by atoms with van der Waals surface area (Å²) in [6.07, 6.45) is 11.7. The van der Waals surface area contributed by atoms with Gasteiger partial charge in [-0.25, -0.2) is 0 Å². The van der Waals surface area contributed by atoms with E-state index in [1.54, 1.807) is 0 Å². The minimum absolute atomic E-state index is 0.00926. The average Bonchev–Trinajstić information content (AvgIpc) is 3.38. The van der Waals surface area contributed by atoms with Crippen LogP contribution in [0.1, 0.15) is 46.2 Å². The molecule has 2 aromatic rings. The maximum atomic E-state index is 13.1. The van der Waals surface area contributed by atoms with Gasteiger partial charge in [0.15, 0.2) is 0 Å². The molecule has 4 atom stereocenters. The predicted molar refractivity (Wildman–Crippen MR) is 113 cm³/mol. The molecular formula is C25H24N2O. The van der Waals surface area contributed by atoms with E-state index in [0.29, 0.717) is 23.7 Å². The van der Waals surface area contributed by atoms with Crippen LogP contribution in [-0.4, -0.2) is 19.0 Å². The molecule has 0 saturated heterocycles. The van der Waals surface area contributed by atoms with Gasteiger partial charge in [0, 0.05) is 41.9 Å². The van der Waals surface area contributed by atoms with Crippen molar-refractivity contribution >= 4 is 17.3 Å². The molecule has 28 heavy (non-hydrogen) atoms. The quantitative estimate of drug-likeness (QED) is 0.749. The van der Waals surface area contributed by atoms with Gasteiger partial charge in [-0.15, -0.1) is 0 Å². The zero-order valence-corrected chi connectivity index (χ0v) is 15.8. The van der Waals surface area contributed by atoms with Crippen LogP contribution in [0.25, 0.3) is 0 Å². The maximum absolute atomic E-state index is 13.1. The SMILES string of the molecule is O=C(Nc1ccccc1)c1cc2c3c(c1)[C@@H]1C=CC[C@@H]1CN3C[C@@H]1CC=C[C@H]21. The Morgan fingerprint density at radius 2 is 1.50 bits per heavy atom. The zero-order valence-electron chi connectivity index (χ0n) is 15.8. The van der Waals surface area contributed by atoms with Gasteiger partial charge in [-0.2, -0.15) is 0 Å². The van der Waals surface area contributed by atoms with Crippen molar-refractivity contribution < 1.29 is 4.79 Å². The van der Waals surface area contributed by atoms with Crippen molar-refractivity contribution in [2.24, 2.45) is 11.8 Å². The Kier molecular flexibility index (Phi) is 3.52. The summed E-state index contributed by atoms with van der Waals surface area (Å²) in [7, 11) is 0. The fourth-order valence-electron chi connectivity index (χ4n) is 5.73. The summed E-state index contributed by atoms with van der Waals surface area (Å²) in [4.78, 5) is 15.7. The Balaban J connectivity index is 1.47. The van der Waals surface area contributed by atoms with Gasteiger partial charge in [0.1, 0.15) is 0 Å². The van der Waals surface area contributed by atoms with Crippen molar-refractivity contribution in [3.63, 3.8) is 0 Å². The molecule has 2 heterocycles. The third-order valence-corrected chi connectivity index (χ3v) is 6.99. The van der Waals surface area contributed by atoms with Gasteiger partial charge in [0.25, 0.3) is 5.91 Å². The molecule has 3 heteroatoms. The smallest absolute Gasteiger partial charge is 0.255 e. The lowest BCUT2D eigenvalue weighted by molar-refractivity contribution is 0.102. The number of allylic oxidation sites excluding steroid dienone is 4. The summed E-state index contributed by atoms with van der Waals surface area (Å²) in [6.45, 7) is 2.30. The van der Waals surface area contributed by atoms with Crippen LogP contribution in [0.3, 0.4) is 0 Å². The fourth-order valence-corrected chi connectivity index (χ4v) is 5.73. The molecule has 0 bridgehead atoms. The summed E-state index contributed by atoms with van der Waals surface area (Å²) >= 11 is 0. The fraction of sp³-hybridized carbons (Fsp3) is 0.320. The zero-order chi connectivity index (χ0) is 18.7. The molecule has 0 aromatic heterocycles. The van der Waals surface area contributed by atoms with E-state index in [-0.39, 0.29) is 5.91 Å². The standard InChI is InChI=1S/C25H24N2O/c28-25(26-19-8-2-1-3-9-19)18-12-22-20-10-4-6-16(20)14-27-15-17-7-5-11-21(17)23(13-18)24(22)27/h1-5,8-13,16-17,20-21H,6-7,14-15H2,(H,26,28)/t16-,17+,20-,21+. The van der Waals surface area contributed by atoms with Gasteiger partial charge in [-0.1, -0.05) is 42.5 Å². The Hall–Kier alpha value is -2.81. The minimum atomic E-state index is -0.00926. The summed E-state index contributed by atoms with van der Waals surface area (Å²) in [5.74, 6) is 2.20. The highest BCUT2D eigenvalue weighted by Crippen LogP contribution is 2.53. The van der Waals surface area contributed by atoms with Crippen molar-refractivity contribution in [2.75, 3.05) is 23.3 Å². The lowest BCUT2D eigenvalue weighted by Crippen LogP contribution is -2.43. The van der Waals surface area contributed by atoms with Crippen LogP contribution in [-0.2, 0) is 0 Å². The van der Waals surface area contributed by atoms with E-state index < -0.39 is 0 Å². The second kappa shape index (κ2) is 6.10. The molecular weight excluding hydrogens is 344 g/mol. The van der Waals surface area contributed by atoms with Gasteiger partial charge < -0.3 is 10.2 Å². The summed E-state index contributed by atoms with van der Waals surface area (Å²) in [5, 5.41) is 3.08. The molecule has 6 rings (SSSR count). The number of hydrogen-bond acceptors (Lipinski definition) is 2. The molecule has 4 aliphatic rings. The van der Waals surface area contributed by atoms with Crippen LogP contribution in [0.5, 0.6) is 0 Å². The Morgan fingerprint density at radius 1 is 0.893 bits per heavy atom. The molecule has 0 radical (unpaired) electrons. The van der Waals surface area contributed by atoms with Gasteiger partial charge in [-0.3, -0.25) is 4.79 Å². The van der Waals surface area contributed by atoms with E-state index in [4.69, 9.17) is 0 Å². The minimum Gasteiger partial charge on any atom is -0.370 e. The molecule has 0 unspecified atom stereocenters. The normalized spacial score (nSPS) is 28.6. The Bertz CT molecular complexity index is 955. The highest BCUT2D eigenvalue weighted by Gasteiger charge is 2.42. The highest BCUT2D eigenvalue weighted by atomic mass is 16.1. The molecule has 1 N–H and O–H groups in total. The summed E-state index contributed by atoms with van der Waals surface area (Å²) in [6, 6.07) is 14.1. The van der Waals surface area contributed by atoms with Crippen molar-refractivity contribution in [2.45, 2.75) is 24.7 Å². The van der Waals surface area contributed by atoms with Crippen LogP contribution in [0, 0.1) is 11.8 Å². The number of anilines is 2. The maximum Gasteiger partial charge on any atom is 0.255 e. The number of para-hydroxylation sites is 1. The van der Waals surface area contributed by atoms with E-state index >= 15 is 0 Å². The van der Waals surface area contributed by atoms with Crippen LogP contribution < -0.4 is 10.2 Å². The summed E-state index contributed by atoms with van der Waals surface area (Å²) in [5.41, 5.74) is 5.77. The van der Waals surface area contributed by atoms with Gasteiger partial charge in [0.2, 0.25) is 0 Å². The third kappa shape index (κ3) is 2.39. The second-order valence-corrected chi connectivity index (χ2v) is 8.63. The van der Waals surface area contributed by atoms with E-state index in [9.17, 15) is 4.79 Å². The lowest BCUT2D eigenvalue weighted by Gasteiger charge is -2.46. The first kappa shape index (κ1) is 16.2.